The first-order chi connectivity index (χ1) is 16.2. The van der Waals surface area contributed by atoms with Gasteiger partial charge in [0, 0.05) is 31.7 Å². The van der Waals surface area contributed by atoms with Gasteiger partial charge in [-0.05, 0) is 31.3 Å². The summed E-state index contributed by atoms with van der Waals surface area (Å²) in [4.78, 5) is 51.4. The Bertz CT molecular complexity index is 1480. The van der Waals surface area contributed by atoms with E-state index >= 15 is 0 Å². The van der Waals surface area contributed by atoms with Gasteiger partial charge in [0.25, 0.3) is 5.56 Å². The quantitative estimate of drug-likeness (QED) is 0.335. The number of anilines is 1. The van der Waals surface area contributed by atoms with Crippen LogP contribution in [0.25, 0.3) is 21.4 Å². The van der Waals surface area contributed by atoms with Crippen LogP contribution in [0.2, 0.25) is 0 Å². The van der Waals surface area contributed by atoms with Crippen LogP contribution in [0.4, 0.5) is 5.13 Å². The molecule has 3 aromatic heterocycles. The van der Waals surface area contributed by atoms with Gasteiger partial charge in [-0.2, -0.15) is 0 Å². The average molecular weight is 548 g/mol. The van der Waals surface area contributed by atoms with Crippen molar-refractivity contribution in [2.45, 2.75) is 20.4 Å². The van der Waals surface area contributed by atoms with E-state index in [0.29, 0.717) is 18.2 Å². The van der Waals surface area contributed by atoms with Gasteiger partial charge >= 0.3 is 5.69 Å². The molecule has 0 spiro atoms. The summed E-state index contributed by atoms with van der Waals surface area (Å²) in [5.74, 6) is -0.208. The van der Waals surface area contributed by atoms with E-state index in [1.807, 2.05) is 18.2 Å². The van der Waals surface area contributed by atoms with E-state index < -0.39 is 11.2 Å². The standard InChI is InChI=1S/C22H26BrN7O3S/c1-5-28(6-2)9-10-30(21-25-15-8-7-14(23)11-16(15)34-21)17(31)12-29-13-24-19-18(29)20(32)27(4)22(33)26(19)3/h7-8,11,13H,5-6,9-10,12H2,1-4H3. The van der Waals surface area contributed by atoms with Crippen LogP contribution in [-0.2, 0) is 25.4 Å². The van der Waals surface area contributed by atoms with Crippen molar-refractivity contribution in [1.29, 1.82) is 0 Å². The van der Waals surface area contributed by atoms with Crippen LogP contribution in [0.5, 0.6) is 0 Å². The van der Waals surface area contributed by atoms with Gasteiger partial charge in [0.15, 0.2) is 16.3 Å². The predicted molar refractivity (Wildman–Crippen MR) is 138 cm³/mol. The van der Waals surface area contributed by atoms with Crippen molar-refractivity contribution in [3.63, 3.8) is 0 Å². The molecule has 34 heavy (non-hydrogen) atoms. The Hall–Kier alpha value is -2.83. The molecule has 12 heteroatoms. The molecule has 0 bridgehead atoms. The number of amides is 1. The summed E-state index contributed by atoms with van der Waals surface area (Å²) in [6, 6.07) is 5.82. The highest BCUT2D eigenvalue weighted by Gasteiger charge is 2.23. The second kappa shape index (κ2) is 9.80. The zero-order valence-corrected chi connectivity index (χ0v) is 21.9. The molecular weight excluding hydrogens is 522 g/mol. The molecule has 0 N–H and O–H groups in total. The lowest BCUT2D eigenvalue weighted by molar-refractivity contribution is -0.119. The van der Waals surface area contributed by atoms with Gasteiger partial charge in [-0.1, -0.05) is 41.1 Å². The number of carbonyl (C=O) groups is 1. The maximum Gasteiger partial charge on any atom is 0.332 e. The zero-order chi connectivity index (χ0) is 24.6. The van der Waals surface area contributed by atoms with Crippen molar-refractivity contribution in [3.05, 3.63) is 49.8 Å². The molecule has 4 rings (SSSR count). The number of hydrogen-bond donors (Lipinski definition) is 0. The first-order valence-corrected chi connectivity index (χ1v) is 12.6. The molecule has 0 atom stereocenters. The van der Waals surface area contributed by atoms with E-state index in [-0.39, 0.29) is 23.6 Å². The highest BCUT2D eigenvalue weighted by molar-refractivity contribution is 9.10. The van der Waals surface area contributed by atoms with E-state index in [2.05, 4.69) is 39.7 Å². The third-order valence-electron chi connectivity index (χ3n) is 5.93. The molecule has 10 nitrogen and oxygen atoms in total. The minimum atomic E-state index is -0.483. The number of hydrogen-bond acceptors (Lipinski definition) is 7. The van der Waals surface area contributed by atoms with Gasteiger partial charge in [-0.25, -0.2) is 14.8 Å². The number of thiazole rings is 1. The van der Waals surface area contributed by atoms with E-state index in [0.717, 1.165) is 32.3 Å². The number of carbonyl (C=O) groups excluding carboxylic acids is 1. The van der Waals surface area contributed by atoms with Crippen molar-refractivity contribution in [2.24, 2.45) is 14.1 Å². The minimum Gasteiger partial charge on any atom is -0.315 e. The smallest absolute Gasteiger partial charge is 0.315 e. The van der Waals surface area contributed by atoms with Crippen LogP contribution in [0.1, 0.15) is 13.8 Å². The Labute approximate surface area is 208 Å². The molecule has 0 fully saturated rings. The zero-order valence-electron chi connectivity index (χ0n) is 19.5. The summed E-state index contributed by atoms with van der Waals surface area (Å²) in [5, 5.41) is 0.606. The van der Waals surface area contributed by atoms with Gasteiger partial charge in [0.2, 0.25) is 5.91 Å². The van der Waals surface area contributed by atoms with Crippen LogP contribution in [0.15, 0.2) is 38.6 Å². The second-order valence-corrected chi connectivity index (χ2v) is 9.86. The van der Waals surface area contributed by atoms with E-state index in [1.165, 1.54) is 33.8 Å². The molecule has 0 aliphatic rings. The molecule has 1 amide bonds. The highest BCUT2D eigenvalue weighted by Crippen LogP contribution is 2.31. The molecule has 0 unspecified atom stereocenters. The minimum absolute atomic E-state index is 0.0954. The fourth-order valence-corrected chi connectivity index (χ4v) is 5.42. The molecule has 4 aromatic rings. The lowest BCUT2D eigenvalue weighted by Gasteiger charge is -2.25. The number of nitrogens with zero attached hydrogens (tertiary/aromatic N) is 7. The number of likely N-dealkylation sites (N-methyl/N-ethyl adjacent to an activating group) is 1. The number of rotatable bonds is 8. The Balaban J connectivity index is 1.72. The van der Waals surface area contributed by atoms with Crippen LogP contribution >= 0.6 is 27.3 Å². The largest absolute Gasteiger partial charge is 0.332 e. The molecule has 180 valence electrons. The number of benzene rings is 1. The predicted octanol–water partition coefficient (Wildman–Crippen LogP) is 2.18. The fourth-order valence-electron chi connectivity index (χ4n) is 3.86. The van der Waals surface area contributed by atoms with E-state index in [4.69, 9.17) is 4.98 Å². The Morgan fingerprint density at radius 2 is 1.85 bits per heavy atom. The van der Waals surface area contributed by atoms with E-state index in [9.17, 15) is 14.4 Å². The summed E-state index contributed by atoms with van der Waals surface area (Å²) in [6.45, 7) is 6.99. The average Bonchev–Trinajstić information content (AvgIpc) is 3.43. The number of fused-ring (bicyclic) bond motifs is 2. The maximum atomic E-state index is 13.6. The monoisotopic (exact) mass is 547 g/mol. The van der Waals surface area contributed by atoms with Gasteiger partial charge in [0.05, 0.1) is 16.5 Å². The fraction of sp³-hybridized carbons (Fsp3) is 0.409. The number of imidazole rings is 1. The summed E-state index contributed by atoms with van der Waals surface area (Å²) in [5.41, 5.74) is 0.342. The van der Waals surface area contributed by atoms with Crippen LogP contribution < -0.4 is 16.1 Å². The van der Waals surface area contributed by atoms with Crippen LogP contribution in [0, 0.1) is 0 Å². The summed E-state index contributed by atoms with van der Waals surface area (Å²) >= 11 is 4.94. The second-order valence-electron chi connectivity index (χ2n) is 7.93. The first-order valence-electron chi connectivity index (χ1n) is 10.9. The third-order valence-corrected chi connectivity index (χ3v) is 7.46. The number of aromatic nitrogens is 5. The molecule has 0 radical (unpaired) electrons. The molecule has 0 saturated heterocycles. The van der Waals surface area contributed by atoms with Crippen molar-refractivity contribution in [2.75, 3.05) is 31.1 Å². The summed E-state index contributed by atoms with van der Waals surface area (Å²) in [6.07, 6.45) is 1.43. The van der Waals surface area contributed by atoms with Crippen molar-refractivity contribution in [1.82, 2.24) is 28.6 Å². The lowest BCUT2D eigenvalue weighted by atomic mass is 10.3. The summed E-state index contributed by atoms with van der Waals surface area (Å²) < 4.78 is 5.76. The Kier molecular flexibility index (Phi) is 7.01. The van der Waals surface area contributed by atoms with Gasteiger partial charge in [-0.3, -0.25) is 23.6 Å². The van der Waals surface area contributed by atoms with Gasteiger partial charge < -0.3 is 9.47 Å². The normalized spacial score (nSPS) is 11.7. The SMILES string of the molecule is CCN(CC)CCN(C(=O)Cn1cnc2c1c(=O)n(C)c(=O)n2C)c1nc2ccc(Br)cc2s1. The molecule has 3 heterocycles. The summed E-state index contributed by atoms with van der Waals surface area (Å²) in [7, 11) is 2.97. The van der Waals surface area contributed by atoms with Crippen molar-refractivity contribution < 1.29 is 4.79 Å². The topological polar surface area (TPSA) is 98.3 Å². The van der Waals surface area contributed by atoms with Crippen molar-refractivity contribution in [3.8, 4) is 0 Å². The first kappa shape index (κ1) is 24.3. The third kappa shape index (κ3) is 4.44. The van der Waals surface area contributed by atoms with Crippen LogP contribution in [-0.4, -0.2) is 60.7 Å². The molecular formula is C22H26BrN7O3S. The highest BCUT2D eigenvalue weighted by atomic mass is 79.9. The van der Waals surface area contributed by atoms with E-state index in [1.54, 1.807) is 11.9 Å². The maximum absolute atomic E-state index is 13.6. The number of halogens is 1. The number of aryl methyl sites for hydroxylation is 1. The molecule has 0 aliphatic carbocycles. The van der Waals surface area contributed by atoms with Crippen LogP contribution in [0.3, 0.4) is 0 Å². The van der Waals surface area contributed by atoms with Gasteiger partial charge in [-0.15, -0.1) is 0 Å². The Morgan fingerprint density at radius 1 is 1.12 bits per heavy atom. The molecule has 0 saturated carbocycles. The molecule has 0 aliphatic heterocycles. The lowest BCUT2D eigenvalue weighted by Crippen LogP contribution is -2.41. The Morgan fingerprint density at radius 3 is 2.56 bits per heavy atom. The van der Waals surface area contributed by atoms with Crippen molar-refractivity contribution >= 4 is 59.7 Å². The molecule has 1 aromatic carbocycles. The van der Waals surface area contributed by atoms with Gasteiger partial charge in [0.1, 0.15) is 6.54 Å².